The molecule has 1 aromatic carbocycles. The number of para-hydroxylation sites is 1. The first-order chi connectivity index (χ1) is 8.33. The fraction of sp³-hybridized carbons (Fsp3) is 0.500. The summed E-state index contributed by atoms with van der Waals surface area (Å²) < 4.78 is 5.21. The number of anilines is 1. The van der Waals surface area contributed by atoms with Crippen LogP contribution in [0.2, 0.25) is 0 Å². The van der Waals surface area contributed by atoms with E-state index in [1.54, 1.807) is 0 Å². The van der Waals surface area contributed by atoms with E-state index < -0.39 is 0 Å². The molecule has 0 spiro atoms. The van der Waals surface area contributed by atoms with Gasteiger partial charge in [0.15, 0.2) is 0 Å². The second-order valence-corrected chi connectivity index (χ2v) is 5.04. The largest absolute Gasteiger partial charge is 0.378 e. The number of hydrogen-bond donors (Lipinski definition) is 0. The fourth-order valence-corrected chi connectivity index (χ4v) is 2.68. The van der Waals surface area contributed by atoms with Crippen molar-refractivity contribution in [3.63, 3.8) is 0 Å². The number of hydrogen-bond acceptors (Lipinski definition) is 3. The molecule has 0 radical (unpaired) electrons. The summed E-state index contributed by atoms with van der Waals surface area (Å²) in [5.74, 6) is 0. The number of fused-ring (bicyclic) bond motifs is 1. The fourth-order valence-electron chi connectivity index (χ4n) is 2.68. The molecule has 3 rings (SSSR count). The molecule has 0 atom stereocenters. The van der Waals surface area contributed by atoms with Gasteiger partial charge in [-0.2, -0.15) is 5.26 Å². The maximum Gasteiger partial charge on any atom is 0.121 e. The van der Waals surface area contributed by atoms with E-state index in [0.717, 1.165) is 19.5 Å². The SMILES string of the molecule is N#CC1(CN2CCCc3ccccc32)COC1. The Balaban J connectivity index is 1.84. The molecule has 1 aromatic rings. The molecule has 1 fully saturated rings. The zero-order valence-corrected chi connectivity index (χ0v) is 9.85. The lowest BCUT2D eigenvalue weighted by molar-refractivity contribution is -0.0722. The first-order valence-electron chi connectivity index (χ1n) is 6.15. The maximum atomic E-state index is 9.26. The standard InChI is InChI=1S/C14H16N2O/c15-8-14(10-17-11-14)9-16-7-3-5-12-4-1-2-6-13(12)16/h1-2,4,6H,3,5,7,9-11H2. The zero-order valence-electron chi connectivity index (χ0n) is 9.85. The van der Waals surface area contributed by atoms with Gasteiger partial charge in [0.2, 0.25) is 0 Å². The molecule has 2 aliphatic heterocycles. The molecule has 0 saturated carbocycles. The first kappa shape index (κ1) is 10.6. The van der Waals surface area contributed by atoms with Gasteiger partial charge in [-0.1, -0.05) is 18.2 Å². The van der Waals surface area contributed by atoms with Crippen LogP contribution in [0.4, 0.5) is 5.69 Å². The minimum absolute atomic E-state index is 0.273. The summed E-state index contributed by atoms with van der Waals surface area (Å²) in [6, 6.07) is 11.0. The van der Waals surface area contributed by atoms with Gasteiger partial charge in [0.05, 0.1) is 19.3 Å². The molecule has 0 bridgehead atoms. The van der Waals surface area contributed by atoms with Gasteiger partial charge in [0.25, 0.3) is 0 Å². The van der Waals surface area contributed by atoms with E-state index in [0.29, 0.717) is 13.2 Å². The third-order valence-corrected chi connectivity index (χ3v) is 3.69. The molecule has 88 valence electrons. The van der Waals surface area contributed by atoms with Crippen LogP contribution in [0.1, 0.15) is 12.0 Å². The minimum atomic E-state index is -0.273. The van der Waals surface area contributed by atoms with Crippen molar-refractivity contribution >= 4 is 5.69 Å². The summed E-state index contributed by atoms with van der Waals surface area (Å²) in [5, 5.41) is 9.26. The normalized spacial score (nSPS) is 21.2. The van der Waals surface area contributed by atoms with E-state index in [2.05, 4.69) is 35.2 Å². The number of ether oxygens (including phenoxy) is 1. The summed E-state index contributed by atoms with van der Waals surface area (Å²) in [7, 11) is 0. The molecular formula is C14H16N2O. The van der Waals surface area contributed by atoms with Crippen molar-refractivity contribution in [2.75, 3.05) is 31.2 Å². The highest BCUT2D eigenvalue weighted by molar-refractivity contribution is 5.55. The summed E-state index contributed by atoms with van der Waals surface area (Å²) in [4.78, 5) is 2.35. The Bertz CT molecular complexity index is 460. The summed E-state index contributed by atoms with van der Waals surface area (Å²) in [6.07, 6.45) is 2.34. The van der Waals surface area contributed by atoms with Gasteiger partial charge in [0.1, 0.15) is 5.41 Å². The van der Waals surface area contributed by atoms with E-state index in [9.17, 15) is 5.26 Å². The van der Waals surface area contributed by atoms with Gasteiger partial charge in [-0.3, -0.25) is 0 Å². The lowest BCUT2D eigenvalue weighted by Gasteiger charge is -2.41. The Morgan fingerprint density at radius 3 is 2.88 bits per heavy atom. The van der Waals surface area contributed by atoms with E-state index in [-0.39, 0.29) is 5.41 Å². The Morgan fingerprint density at radius 2 is 2.18 bits per heavy atom. The average molecular weight is 228 g/mol. The lowest BCUT2D eigenvalue weighted by atomic mass is 9.86. The van der Waals surface area contributed by atoms with Gasteiger partial charge in [-0.15, -0.1) is 0 Å². The molecule has 0 unspecified atom stereocenters. The average Bonchev–Trinajstić information content (AvgIpc) is 2.34. The van der Waals surface area contributed by atoms with Crippen LogP contribution in [0, 0.1) is 16.7 Å². The number of benzene rings is 1. The van der Waals surface area contributed by atoms with Crippen molar-refractivity contribution < 1.29 is 4.74 Å². The topological polar surface area (TPSA) is 36.3 Å². The minimum Gasteiger partial charge on any atom is -0.378 e. The summed E-state index contributed by atoms with van der Waals surface area (Å²) >= 11 is 0. The molecule has 0 N–H and O–H groups in total. The van der Waals surface area contributed by atoms with Crippen molar-refractivity contribution in [2.45, 2.75) is 12.8 Å². The third kappa shape index (κ3) is 1.79. The van der Waals surface area contributed by atoms with Crippen molar-refractivity contribution in [1.82, 2.24) is 0 Å². The monoisotopic (exact) mass is 228 g/mol. The van der Waals surface area contributed by atoms with Gasteiger partial charge >= 0.3 is 0 Å². The van der Waals surface area contributed by atoms with Crippen LogP contribution >= 0.6 is 0 Å². The molecule has 0 aliphatic carbocycles. The van der Waals surface area contributed by atoms with Crippen molar-refractivity contribution in [2.24, 2.45) is 5.41 Å². The van der Waals surface area contributed by atoms with E-state index in [1.807, 2.05) is 0 Å². The molecule has 2 aliphatic rings. The first-order valence-corrected chi connectivity index (χ1v) is 6.15. The van der Waals surface area contributed by atoms with E-state index in [4.69, 9.17) is 4.74 Å². The summed E-state index contributed by atoms with van der Waals surface area (Å²) in [5.41, 5.74) is 2.44. The number of rotatable bonds is 2. The molecule has 0 amide bonds. The second-order valence-electron chi connectivity index (χ2n) is 5.04. The van der Waals surface area contributed by atoms with Crippen LogP contribution in [0.15, 0.2) is 24.3 Å². The lowest BCUT2D eigenvalue weighted by Crippen LogP contribution is -2.51. The van der Waals surface area contributed by atoms with Crippen LogP contribution in [0.3, 0.4) is 0 Å². The number of nitrogens with zero attached hydrogens (tertiary/aromatic N) is 2. The van der Waals surface area contributed by atoms with Crippen LogP contribution in [-0.2, 0) is 11.2 Å². The van der Waals surface area contributed by atoms with Crippen molar-refractivity contribution in [1.29, 1.82) is 5.26 Å². The predicted molar refractivity (Wildman–Crippen MR) is 65.8 cm³/mol. The third-order valence-electron chi connectivity index (χ3n) is 3.69. The number of aryl methyl sites for hydroxylation is 1. The Hall–Kier alpha value is -1.53. The molecule has 17 heavy (non-hydrogen) atoms. The highest BCUT2D eigenvalue weighted by Gasteiger charge is 2.41. The molecule has 3 heteroatoms. The molecule has 1 saturated heterocycles. The Labute approximate surface area is 102 Å². The van der Waals surface area contributed by atoms with Crippen LogP contribution in [-0.4, -0.2) is 26.3 Å². The number of nitriles is 1. The van der Waals surface area contributed by atoms with Gasteiger partial charge < -0.3 is 9.64 Å². The van der Waals surface area contributed by atoms with Gasteiger partial charge in [-0.25, -0.2) is 0 Å². The van der Waals surface area contributed by atoms with Crippen molar-refractivity contribution in [3.8, 4) is 6.07 Å². The highest BCUT2D eigenvalue weighted by Crippen LogP contribution is 2.33. The van der Waals surface area contributed by atoms with Crippen LogP contribution in [0.5, 0.6) is 0 Å². The van der Waals surface area contributed by atoms with Gasteiger partial charge in [-0.05, 0) is 24.5 Å². The van der Waals surface area contributed by atoms with Crippen LogP contribution in [0.25, 0.3) is 0 Å². The molecule has 2 heterocycles. The second kappa shape index (κ2) is 4.05. The molecular weight excluding hydrogens is 212 g/mol. The predicted octanol–water partition coefficient (Wildman–Crippen LogP) is 1.98. The van der Waals surface area contributed by atoms with E-state index >= 15 is 0 Å². The van der Waals surface area contributed by atoms with Crippen LogP contribution < -0.4 is 4.90 Å². The summed E-state index contributed by atoms with van der Waals surface area (Å²) in [6.45, 7) is 3.03. The highest BCUT2D eigenvalue weighted by atomic mass is 16.5. The quantitative estimate of drug-likeness (QED) is 0.776. The maximum absolute atomic E-state index is 9.26. The smallest absolute Gasteiger partial charge is 0.121 e. The Morgan fingerprint density at radius 1 is 1.35 bits per heavy atom. The Kier molecular flexibility index (Phi) is 2.53. The molecule has 3 nitrogen and oxygen atoms in total. The zero-order chi connectivity index (χ0) is 11.7. The molecule has 0 aromatic heterocycles. The van der Waals surface area contributed by atoms with E-state index in [1.165, 1.54) is 17.7 Å². The van der Waals surface area contributed by atoms with Crippen molar-refractivity contribution in [3.05, 3.63) is 29.8 Å². The van der Waals surface area contributed by atoms with Gasteiger partial charge in [0, 0.05) is 18.8 Å².